The highest BCUT2D eigenvalue weighted by Crippen LogP contribution is 2.31. The molecule has 0 unspecified atom stereocenters. The third-order valence-electron chi connectivity index (χ3n) is 2.89. The van der Waals surface area contributed by atoms with Gasteiger partial charge in [0.15, 0.2) is 22.2 Å². The Bertz CT molecular complexity index is 768. The van der Waals surface area contributed by atoms with Crippen LogP contribution in [0, 0.1) is 11.3 Å². The Morgan fingerprint density at radius 1 is 1.48 bits per heavy atom. The summed E-state index contributed by atoms with van der Waals surface area (Å²) in [7, 11) is 0. The monoisotopic (exact) mass is 360 g/mol. The molecule has 0 atom stereocenters. The Kier molecular flexibility index (Phi) is 6.86. The number of fused-ring (bicyclic) bond motifs is 1. The van der Waals surface area contributed by atoms with Gasteiger partial charge in [-0.05, 0) is 36.9 Å². The number of hydrazone groups is 1. The summed E-state index contributed by atoms with van der Waals surface area (Å²) in [5.41, 5.74) is 3.37. The van der Waals surface area contributed by atoms with Gasteiger partial charge in [-0.2, -0.15) is 10.4 Å². The molecule has 0 aromatic heterocycles. The van der Waals surface area contributed by atoms with Crippen LogP contribution in [0.15, 0.2) is 40.1 Å². The van der Waals surface area contributed by atoms with Gasteiger partial charge in [-0.3, -0.25) is 5.43 Å². The molecule has 1 N–H and O–H groups in total. The number of benzene rings is 1. The van der Waals surface area contributed by atoms with Gasteiger partial charge in [0.05, 0.1) is 19.0 Å². The van der Waals surface area contributed by atoms with E-state index in [9.17, 15) is 4.79 Å². The van der Waals surface area contributed by atoms with Crippen molar-refractivity contribution in [1.82, 2.24) is 5.43 Å². The van der Waals surface area contributed by atoms with Crippen LogP contribution in [0.2, 0.25) is 0 Å². The third-order valence-corrected chi connectivity index (χ3v) is 3.47. The lowest BCUT2D eigenvalue weighted by atomic mass is 10.2. The summed E-state index contributed by atoms with van der Waals surface area (Å²) < 4.78 is 15.3. The van der Waals surface area contributed by atoms with Crippen LogP contribution in [-0.4, -0.2) is 37.0 Å². The number of rotatable bonds is 5. The van der Waals surface area contributed by atoms with Gasteiger partial charge < -0.3 is 14.2 Å². The van der Waals surface area contributed by atoms with Gasteiger partial charge in [0, 0.05) is 0 Å². The SMILES string of the molecule is CCOC(=O)C(C#N)=CN=C(NN=Cc1ccc2c(c1)OCO2)SC. The Labute approximate surface area is 149 Å². The Morgan fingerprint density at radius 3 is 3.00 bits per heavy atom. The van der Waals surface area contributed by atoms with E-state index < -0.39 is 5.97 Å². The number of amidine groups is 1. The second-order valence-electron chi connectivity index (χ2n) is 4.50. The first-order valence-electron chi connectivity index (χ1n) is 7.25. The number of esters is 1. The lowest BCUT2D eigenvalue weighted by Crippen LogP contribution is -2.13. The number of carbonyl (C=O) groups excluding carboxylic acids is 1. The van der Waals surface area contributed by atoms with Crippen molar-refractivity contribution < 1.29 is 19.0 Å². The molecule has 2 rings (SSSR count). The number of thioether (sulfide) groups is 1. The van der Waals surface area contributed by atoms with Crippen molar-refractivity contribution >= 4 is 29.1 Å². The van der Waals surface area contributed by atoms with E-state index in [1.54, 1.807) is 37.6 Å². The van der Waals surface area contributed by atoms with Gasteiger partial charge in [-0.1, -0.05) is 11.8 Å². The molecule has 1 aliphatic rings. The topological polar surface area (TPSA) is 105 Å². The van der Waals surface area contributed by atoms with E-state index >= 15 is 0 Å². The van der Waals surface area contributed by atoms with Crippen LogP contribution in [0.1, 0.15) is 12.5 Å². The van der Waals surface area contributed by atoms with Crippen LogP contribution in [0.3, 0.4) is 0 Å². The van der Waals surface area contributed by atoms with Crippen LogP contribution in [0.5, 0.6) is 11.5 Å². The van der Waals surface area contributed by atoms with E-state index in [-0.39, 0.29) is 19.0 Å². The lowest BCUT2D eigenvalue weighted by molar-refractivity contribution is -0.138. The summed E-state index contributed by atoms with van der Waals surface area (Å²) in [5.74, 6) is 0.654. The van der Waals surface area contributed by atoms with Crippen LogP contribution in [0.4, 0.5) is 0 Å². The predicted molar refractivity (Wildman–Crippen MR) is 94.6 cm³/mol. The fraction of sp³-hybridized carbons (Fsp3) is 0.250. The van der Waals surface area contributed by atoms with E-state index in [4.69, 9.17) is 19.5 Å². The average Bonchev–Trinajstić information content (AvgIpc) is 3.08. The first-order valence-corrected chi connectivity index (χ1v) is 8.48. The van der Waals surface area contributed by atoms with E-state index in [0.29, 0.717) is 16.7 Å². The van der Waals surface area contributed by atoms with Crippen LogP contribution < -0.4 is 14.9 Å². The molecule has 0 radical (unpaired) electrons. The maximum atomic E-state index is 11.5. The molecule has 25 heavy (non-hydrogen) atoms. The molecule has 0 amide bonds. The van der Waals surface area contributed by atoms with E-state index in [1.807, 2.05) is 6.07 Å². The molecule has 9 heteroatoms. The zero-order chi connectivity index (χ0) is 18.1. The molecule has 0 spiro atoms. The molecule has 130 valence electrons. The number of nitrogens with one attached hydrogen (secondary N) is 1. The quantitative estimate of drug-likeness (QED) is 0.214. The zero-order valence-electron chi connectivity index (χ0n) is 13.7. The number of hydrogen-bond acceptors (Lipinski definition) is 8. The van der Waals surface area contributed by atoms with E-state index in [2.05, 4.69) is 15.5 Å². The highest BCUT2D eigenvalue weighted by Gasteiger charge is 2.12. The second-order valence-corrected chi connectivity index (χ2v) is 5.29. The van der Waals surface area contributed by atoms with E-state index in [0.717, 1.165) is 11.8 Å². The molecule has 1 aromatic carbocycles. The highest BCUT2D eigenvalue weighted by molar-refractivity contribution is 8.13. The first-order chi connectivity index (χ1) is 12.2. The van der Waals surface area contributed by atoms with Gasteiger partial charge >= 0.3 is 5.97 Å². The number of nitrogens with zero attached hydrogens (tertiary/aromatic N) is 3. The standard InChI is InChI=1S/C16H16N4O4S/c1-3-22-15(21)12(7-17)9-18-16(25-2)20-19-8-11-4-5-13-14(6-11)24-10-23-13/h4-6,8-9H,3,10H2,1-2H3,(H,18,20). The van der Waals surface area contributed by atoms with Gasteiger partial charge in [0.1, 0.15) is 6.07 Å². The molecule has 1 aromatic rings. The average molecular weight is 360 g/mol. The van der Waals surface area contributed by atoms with E-state index in [1.165, 1.54) is 11.8 Å². The number of hydrogen-bond donors (Lipinski definition) is 1. The van der Waals surface area contributed by atoms with Crippen LogP contribution in [-0.2, 0) is 9.53 Å². The van der Waals surface area contributed by atoms with Crippen molar-refractivity contribution in [2.75, 3.05) is 19.7 Å². The summed E-state index contributed by atoms with van der Waals surface area (Å²) in [6, 6.07) is 7.19. The fourth-order valence-electron chi connectivity index (χ4n) is 1.74. The minimum Gasteiger partial charge on any atom is -0.462 e. The maximum Gasteiger partial charge on any atom is 0.350 e. The fourth-order valence-corrected chi connectivity index (χ4v) is 2.04. The Balaban J connectivity index is 2.01. The smallest absolute Gasteiger partial charge is 0.350 e. The number of carbonyl (C=O) groups is 1. The normalized spacial score (nSPS) is 13.6. The summed E-state index contributed by atoms with van der Waals surface area (Å²) in [6.07, 6.45) is 4.52. The van der Waals surface area contributed by atoms with Gasteiger partial charge in [0.2, 0.25) is 6.79 Å². The van der Waals surface area contributed by atoms with Crippen molar-refractivity contribution in [3.05, 3.63) is 35.5 Å². The highest BCUT2D eigenvalue weighted by atomic mass is 32.2. The van der Waals surface area contributed by atoms with Gasteiger partial charge in [0.25, 0.3) is 0 Å². The largest absolute Gasteiger partial charge is 0.462 e. The van der Waals surface area contributed by atoms with Crippen molar-refractivity contribution in [2.45, 2.75) is 6.92 Å². The molecule has 1 aliphatic heterocycles. The Morgan fingerprint density at radius 2 is 2.28 bits per heavy atom. The molecule has 0 saturated heterocycles. The summed E-state index contributed by atoms with van der Waals surface area (Å²) in [6.45, 7) is 2.07. The third kappa shape index (κ3) is 5.26. The molecular formula is C16H16N4O4S. The minimum atomic E-state index is -0.710. The molecule has 8 nitrogen and oxygen atoms in total. The van der Waals surface area contributed by atoms with Crippen molar-refractivity contribution in [3.63, 3.8) is 0 Å². The summed E-state index contributed by atoms with van der Waals surface area (Å²) in [4.78, 5) is 15.5. The summed E-state index contributed by atoms with van der Waals surface area (Å²) >= 11 is 1.28. The summed E-state index contributed by atoms with van der Waals surface area (Å²) in [5, 5.41) is 13.4. The second kappa shape index (κ2) is 9.34. The Hall–Kier alpha value is -2.99. The minimum absolute atomic E-state index is 0.185. The first kappa shape index (κ1) is 18.4. The maximum absolute atomic E-state index is 11.5. The molecule has 0 aliphatic carbocycles. The lowest BCUT2D eigenvalue weighted by Gasteiger charge is -2.01. The molecule has 1 heterocycles. The number of ether oxygens (including phenoxy) is 3. The van der Waals surface area contributed by atoms with Crippen LogP contribution >= 0.6 is 11.8 Å². The number of aliphatic imine (C=N–C) groups is 1. The molecule has 0 fully saturated rings. The molecule has 0 saturated carbocycles. The van der Waals surface area contributed by atoms with Crippen molar-refractivity contribution in [3.8, 4) is 17.6 Å². The van der Waals surface area contributed by atoms with Crippen molar-refractivity contribution in [2.24, 2.45) is 10.1 Å². The zero-order valence-corrected chi connectivity index (χ0v) is 14.5. The van der Waals surface area contributed by atoms with Gasteiger partial charge in [-0.25, -0.2) is 9.79 Å². The molecular weight excluding hydrogens is 344 g/mol. The predicted octanol–water partition coefficient (Wildman–Crippen LogP) is 2.03. The molecule has 0 bridgehead atoms. The van der Waals surface area contributed by atoms with Crippen LogP contribution in [0.25, 0.3) is 0 Å². The number of nitriles is 1. The van der Waals surface area contributed by atoms with Gasteiger partial charge in [-0.15, -0.1) is 0 Å². The van der Waals surface area contributed by atoms with Crippen molar-refractivity contribution in [1.29, 1.82) is 5.26 Å².